The van der Waals surface area contributed by atoms with E-state index >= 15 is 0 Å². The Morgan fingerprint density at radius 1 is 0.968 bits per heavy atom. The first kappa shape index (κ1) is 21.2. The zero-order valence-electron chi connectivity index (χ0n) is 18.5. The van der Waals surface area contributed by atoms with Crippen molar-refractivity contribution >= 4 is 11.7 Å². The summed E-state index contributed by atoms with van der Waals surface area (Å²) < 4.78 is 5.22. The SMILES string of the molecule is COc1cc([C@H]2CC(=O)NC3=C2C(=O)C[C@@H](c2ccc(C(C)(C)C)cc2)C3)ccc1O. The van der Waals surface area contributed by atoms with Gasteiger partial charge in [-0.05, 0) is 46.6 Å². The van der Waals surface area contributed by atoms with Crippen LogP contribution in [0.4, 0.5) is 0 Å². The van der Waals surface area contributed by atoms with Crippen LogP contribution in [-0.4, -0.2) is 23.9 Å². The van der Waals surface area contributed by atoms with E-state index < -0.39 is 0 Å². The Hall–Kier alpha value is -3.08. The summed E-state index contributed by atoms with van der Waals surface area (Å²) >= 11 is 0. The van der Waals surface area contributed by atoms with Crippen LogP contribution in [0.15, 0.2) is 53.7 Å². The first-order chi connectivity index (χ1) is 14.7. The molecule has 0 radical (unpaired) electrons. The number of hydrogen-bond donors (Lipinski definition) is 2. The molecule has 1 aliphatic heterocycles. The summed E-state index contributed by atoms with van der Waals surface area (Å²) in [4.78, 5) is 25.8. The molecule has 2 aromatic rings. The third-order valence-electron chi connectivity index (χ3n) is 6.39. The lowest BCUT2D eigenvalue weighted by molar-refractivity contribution is -0.122. The van der Waals surface area contributed by atoms with E-state index in [0.29, 0.717) is 24.2 Å². The summed E-state index contributed by atoms with van der Waals surface area (Å²) in [6.45, 7) is 6.54. The normalized spacial score (nSPS) is 21.5. The second kappa shape index (κ2) is 7.88. The molecule has 2 aromatic carbocycles. The molecule has 5 nitrogen and oxygen atoms in total. The predicted octanol–water partition coefficient (Wildman–Crippen LogP) is 4.70. The van der Waals surface area contributed by atoms with Gasteiger partial charge in [-0.25, -0.2) is 0 Å². The summed E-state index contributed by atoms with van der Waals surface area (Å²) in [5.41, 5.74) is 4.68. The zero-order chi connectivity index (χ0) is 22.3. The standard InChI is InChI=1S/C26H29NO4/c1-26(2,3)18-8-5-15(6-9-18)17-11-20-25(22(29)12-17)19(14-24(30)27-20)16-7-10-21(28)23(13-16)31-4/h5-10,13,17,19,28H,11-12,14H2,1-4H3,(H,27,30)/t17-,19+/m0/s1. The zero-order valence-corrected chi connectivity index (χ0v) is 18.5. The van der Waals surface area contributed by atoms with Crippen molar-refractivity contribution < 1.29 is 19.4 Å². The van der Waals surface area contributed by atoms with Crippen LogP contribution in [0.25, 0.3) is 0 Å². The van der Waals surface area contributed by atoms with Gasteiger partial charge in [0.25, 0.3) is 0 Å². The maximum Gasteiger partial charge on any atom is 0.225 e. The van der Waals surface area contributed by atoms with Gasteiger partial charge in [0.15, 0.2) is 17.3 Å². The molecule has 0 fully saturated rings. The van der Waals surface area contributed by atoms with Crippen molar-refractivity contribution in [1.29, 1.82) is 0 Å². The van der Waals surface area contributed by atoms with Crippen LogP contribution >= 0.6 is 0 Å². The summed E-state index contributed by atoms with van der Waals surface area (Å²) in [5, 5.41) is 12.9. The molecule has 4 rings (SSSR count). The van der Waals surface area contributed by atoms with Crippen molar-refractivity contribution in [2.45, 2.75) is 57.3 Å². The van der Waals surface area contributed by atoms with Crippen molar-refractivity contribution in [3.05, 3.63) is 70.4 Å². The fraction of sp³-hybridized carbons (Fsp3) is 0.385. The minimum Gasteiger partial charge on any atom is -0.504 e. The molecule has 0 unspecified atom stereocenters. The van der Waals surface area contributed by atoms with Gasteiger partial charge in [-0.2, -0.15) is 0 Å². The number of rotatable bonds is 3. The maximum absolute atomic E-state index is 13.3. The van der Waals surface area contributed by atoms with Gasteiger partial charge in [0.2, 0.25) is 5.91 Å². The van der Waals surface area contributed by atoms with E-state index in [4.69, 9.17) is 4.74 Å². The minimum absolute atomic E-state index is 0.0365. The van der Waals surface area contributed by atoms with Crippen LogP contribution in [0, 0.1) is 0 Å². The number of amides is 1. The van der Waals surface area contributed by atoms with Crippen LogP contribution in [0.5, 0.6) is 11.5 Å². The summed E-state index contributed by atoms with van der Waals surface area (Å²) in [6, 6.07) is 13.5. The van der Waals surface area contributed by atoms with E-state index in [-0.39, 0.29) is 41.1 Å². The third kappa shape index (κ3) is 4.09. The lowest BCUT2D eigenvalue weighted by atomic mass is 9.73. The summed E-state index contributed by atoms with van der Waals surface area (Å²) in [5.74, 6) is 0.0827. The predicted molar refractivity (Wildman–Crippen MR) is 119 cm³/mol. The van der Waals surface area contributed by atoms with E-state index in [1.54, 1.807) is 18.2 Å². The number of ether oxygens (including phenoxy) is 1. The number of ketones is 1. The molecule has 1 heterocycles. The highest BCUT2D eigenvalue weighted by Crippen LogP contribution is 2.44. The highest BCUT2D eigenvalue weighted by atomic mass is 16.5. The molecule has 0 aromatic heterocycles. The number of Topliss-reactive ketones (excluding diaryl/α,β-unsaturated/α-hetero) is 1. The van der Waals surface area contributed by atoms with E-state index in [1.165, 1.54) is 12.7 Å². The Bertz CT molecular complexity index is 1060. The van der Waals surface area contributed by atoms with Crippen molar-refractivity contribution in [3.63, 3.8) is 0 Å². The minimum atomic E-state index is -0.324. The first-order valence-electron chi connectivity index (χ1n) is 10.7. The van der Waals surface area contributed by atoms with Gasteiger partial charge in [0.05, 0.1) is 7.11 Å². The number of carbonyl (C=O) groups is 2. The topological polar surface area (TPSA) is 75.6 Å². The lowest BCUT2D eigenvalue weighted by Crippen LogP contribution is -2.38. The molecule has 2 atom stereocenters. The second-order valence-corrected chi connectivity index (χ2v) is 9.53. The Balaban J connectivity index is 1.66. The molecule has 0 saturated carbocycles. The van der Waals surface area contributed by atoms with Gasteiger partial charge in [-0.15, -0.1) is 0 Å². The molecule has 31 heavy (non-hydrogen) atoms. The van der Waals surface area contributed by atoms with Gasteiger partial charge in [0.1, 0.15) is 0 Å². The van der Waals surface area contributed by atoms with Crippen LogP contribution in [-0.2, 0) is 15.0 Å². The molecule has 1 amide bonds. The maximum atomic E-state index is 13.3. The average Bonchev–Trinajstić information content (AvgIpc) is 2.72. The van der Waals surface area contributed by atoms with Crippen molar-refractivity contribution in [2.75, 3.05) is 7.11 Å². The van der Waals surface area contributed by atoms with Gasteiger partial charge in [-0.3, -0.25) is 9.59 Å². The van der Waals surface area contributed by atoms with Gasteiger partial charge >= 0.3 is 0 Å². The lowest BCUT2D eigenvalue weighted by Gasteiger charge is -2.34. The van der Waals surface area contributed by atoms with Crippen molar-refractivity contribution in [2.24, 2.45) is 0 Å². The van der Waals surface area contributed by atoms with Crippen LogP contribution in [0.1, 0.15) is 68.6 Å². The van der Waals surface area contributed by atoms with Crippen LogP contribution in [0.3, 0.4) is 0 Å². The Morgan fingerprint density at radius 3 is 2.29 bits per heavy atom. The number of benzene rings is 2. The molecule has 5 heteroatoms. The molecule has 162 valence electrons. The molecular weight excluding hydrogens is 390 g/mol. The third-order valence-corrected chi connectivity index (χ3v) is 6.39. The smallest absolute Gasteiger partial charge is 0.225 e. The molecule has 0 saturated heterocycles. The van der Waals surface area contributed by atoms with Crippen LogP contribution < -0.4 is 10.1 Å². The first-order valence-corrected chi connectivity index (χ1v) is 10.7. The second-order valence-electron chi connectivity index (χ2n) is 9.53. The molecule has 1 aliphatic carbocycles. The number of hydrogen-bond acceptors (Lipinski definition) is 4. The number of carbonyl (C=O) groups excluding carboxylic acids is 2. The number of aromatic hydroxyl groups is 1. The largest absolute Gasteiger partial charge is 0.504 e. The monoisotopic (exact) mass is 419 g/mol. The number of allylic oxidation sites excluding steroid dienone is 2. The Labute approximate surface area is 183 Å². The van der Waals surface area contributed by atoms with Crippen LogP contribution in [0.2, 0.25) is 0 Å². The van der Waals surface area contributed by atoms with Gasteiger partial charge in [0, 0.05) is 30.0 Å². The highest BCUT2D eigenvalue weighted by Gasteiger charge is 2.38. The van der Waals surface area contributed by atoms with Crippen molar-refractivity contribution in [1.82, 2.24) is 5.32 Å². The average molecular weight is 420 g/mol. The number of phenolic OH excluding ortho intramolecular Hbond substituents is 1. The molecule has 2 aliphatic rings. The Kier molecular flexibility index (Phi) is 5.38. The number of methoxy groups -OCH3 is 1. The summed E-state index contributed by atoms with van der Waals surface area (Å²) in [6.07, 6.45) is 1.27. The molecule has 0 bridgehead atoms. The fourth-order valence-electron chi connectivity index (χ4n) is 4.65. The molecule has 2 N–H and O–H groups in total. The Morgan fingerprint density at radius 2 is 1.65 bits per heavy atom. The quantitative estimate of drug-likeness (QED) is 0.756. The highest BCUT2D eigenvalue weighted by molar-refractivity contribution is 6.02. The molecule has 0 spiro atoms. The van der Waals surface area contributed by atoms with E-state index in [0.717, 1.165) is 16.8 Å². The van der Waals surface area contributed by atoms with Gasteiger partial charge < -0.3 is 15.2 Å². The van der Waals surface area contributed by atoms with E-state index in [9.17, 15) is 14.7 Å². The van der Waals surface area contributed by atoms with E-state index in [1.807, 2.05) is 0 Å². The van der Waals surface area contributed by atoms with E-state index in [2.05, 4.69) is 50.4 Å². The summed E-state index contributed by atoms with van der Waals surface area (Å²) in [7, 11) is 1.48. The number of phenols is 1. The van der Waals surface area contributed by atoms with Crippen molar-refractivity contribution in [3.8, 4) is 11.5 Å². The molecular formula is C26H29NO4. The van der Waals surface area contributed by atoms with Gasteiger partial charge in [-0.1, -0.05) is 51.1 Å². The number of nitrogens with one attached hydrogen (secondary N) is 1. The fourth-order valence-corrected chi connectivity index (χ4v) is 4.65.